The van der Waals surface area contributed by atoms with E-state index in [2.05, 4.69) is 41.5 Å². The summed E-state index contributed by atoms with van der Waals surface area (Å²) in [5, 5.41) is 9.14. The Balaban J connectivity index is 2.90. The van der Waals surface area contributed by atoms with Gasteiger partial charge in [-0.05, 0) is 33.6 Å². The molecule has 0 unspecified atom stereocenters. The second kappa shape index (κ2) is 6.31. The van der Waals surface area contributed by atoms with E-state index < -0.39 is 6.16 Å². The number of rotatable bonds is 2. The molecule has 1 N–H and O–H groups in total. The first-order valence-corrected chi connectivity index (χ1v) is 8.16. The minimum Gasteiger partial charge on any atom is -0.449 e. The largest absolute Gasteiger partial charge is 0.511 e. The molecule has 3 heteroatoms. The van der Waals surface area contributed by atoms with Gasteiger partial charge in [0.05, 0.1) is 0 Å². The van der Waals surface area contributed by atoms with Crippen LogP contribution in [-0.4, -0.2) is 11.3 Å². The predicted octanol–water partition coefficient (Wildman–Crippen LogP) is 6.01. The summed E-state index contributed by atoms with van der Waals surface area (Å²) in [4.78, 5) is 11.2. The van der Waals surface area contributed by atoms with Crippen LogP contribution in [0.15, 0.2) is 42.5 Å². The molecule has 0 aliphatic carbocycles. The summed E-state index contributed by atoms with van der Waals surface area (Å²) < 4.78 is 5.12. The van der Waals surface area contributed by atoms with E-state index in [9.17, 15) is 4.79 Å². The van der Waals surface area contributed by atoms with Crippen LogP contribution in [0.3, 0.4) is 0 Å². The number of carbonyl (C=O) groups is 1. The molecular formula is C21H26O3. The molecule has 128 valence electrons. The van der Waals surface area contributed by atoms with Crippen LogP contribution in [-0.2, 0) is 10.8 Å². The van der Waals surface area contributed by atoms with Crippen molar-refractivity contribution >= 4 is 6.16 Å². The highest BCUT2D eigenvalue weighted by Crippen LogP contribution is 2.45. The number of ether oxygens (including phenoxy) is 1. The van der Waals surface area contributed by atoms with Crippen molar-refractivity contribution < 1.29 is 14.6 Å². The highest BCUT2D eigenvalue weighted by molar-refractivity contribution is 5.79. The van der Waals surface area contributed by atoms with Crippen LogP contribution in [0, 0.1) is 0 Å². The lowest BCUT2D eigenvalue weighted by Gasteiger charge is -2.33. The van der Waals surface area contributed by atoms with E-state index in [1.165, 1.54) is 5.56 Å². The molecule has 0 aromatic heterocycles. The fraction of sp³-hybridized carbons (Fsp3) is 0.381. The molecule has 3 nitrogen and oxygen atoms in total. The second-order valence-electron chi connectivity index (χ2n) is 8.10. The fourth-order valence-corrected chi connectivity index (χ4v) is 3.06. The number of carboxylic acid groups (broad SMARTS) is 1. The summed E-state index contributed by atoms with van der Waals surface area (Å²) in [5.41, 5.74) is 3.92. The Kier molecular flexibility index (Phi) is 4.75. The SMILES string of the molecule is CC(C)(C)c1ccc(OC(=O)O)c(-c2ccccc2)c1C(C)(C)C. The molecule has 0 fully saturated rings. The van der Waals surface area contributed by atoms with Gasteiger partial charge in [-0.2, -0.15) is 0 Å². The maximum atomic E-state index is 11.2. The lowest BCUT2D eigenvalue weighted by molar-refractivity contribution is 0.144. The van der Waals surface area contributed by atoms with E-state index in [4.69, 9.17) is 9.84 Å². The standard InChI is InChI=1S/C21H26O3/c1-20(2,3)15-12-13-16(24-19(22)23)17(18(15)21(4,5)6)14-10-8-7-9-11-14/h7-13H,1-6H3,(H,22,23). The molecule has 0 amide bonds. The Hall–Kier alpha value is -2.29. The highest BCUT2D eigenvalue weighted by Gasteiger charge is 2.30. The average Bonchev–Trinajstić information content (AvgIpc) is 2.45. The third kappa shape index (κ3) is 3.78. The fourth-order valence-electron chi connectivity index (χ4n) is 3.06. The lowest BCUT2D eigenvalue weighted by Crippen LogP contribution is -2.23. The van der Waals surface area contributed by atoms with Gasteiger partial charge < -0.3 is 9.84 Å². The molecule has 0 bridgehead atoms. The van der Waals surface area contributed by atoms with E-state index in [0.717, 1.165) is 16.7 Å². The quantitative estimate of drug-likeness (QED) is 0.543. The van der Waals surface area contributed by atoms with Gasteiger partial charge in [0, 0.05) is 5.56 Å². The van der Waals surface area contributed by atoms with Gasteiger partial charge in [-0.1, -0.05) is 77.9 Å². The van der Waals surface area contributed by atoms with Gasteiger partial charge in [-0.3, -0.25) is 0 Å². The Labute approximate surface area is 144 Å². The summed E-state index contributed by atoms with van der Waals surface area (Å²) in [6, 6.07) is 13.6. The van der Waals surface area contributed by atoms with E-state index >= 15 is 0 Å². The van der Waals surface area contributed by atoms with Crippen LogP contribution in [0.25, 0.3) is 11.1 Å². The van der Waals surface area contributed by atoms with Crippen molar-refractivity contribution in [3.8, 4) is 16.9 Å². The molecule has 0 saturated heterocycles. The normalized spacial score (nSPS) is 12.1. The van der Waals surface area contributed by atoms with E-state index in [1.54, 1.807) is 6.07 Å². The number of hydrogen-bond donors (Lipinski definition) is 1. The van der Waals surface area contributed by atoms with Crippen LogP contribution in [0.1, 0.15) is 52.7 Å². The monoisotopic (exact) mass is 326 g/mol. The zero-order valence-corrected chi connectivity index (χ0v) is 15.3. The van der Waals surface area contributed by atoms with Crippen molar-refractivity contribution in [1.82, 2.24) is 0 Å². The summed E-state index contributed by atoms with van der Waals surface area (Å²) in [5.74, 6) is 0.381. The van der Waals surface area contributed by atoms with Crippen LogP contribution < -0.4 is 4.74 Å². The first-order valence-electron chi connectivity index (χ1n) is 8.16. The molecular weight excluding hydrogens is 300 g/mol. The predicted molar refractivity (Wildman–Crippen MR) is 97.9 cm³/mol. The molecule has 0 aliphatic rings. The Morgan fingerprint density at radius 3 is 1.92 bits per heavy atom. The molecule has 0 aliphatic heterocycles. The van der Waals surface area contributed by atoms with Gasteiger partial charge in [0.25, 0.3) is 0 Å². The van der Waals surface area contributed by atoms with E-state index in [0.29, 0.717) is 5.75 Å². The zero-order chi connectivity index (χ0) is 18.1. The van der Waals surface area contributed by atoms with Gasteiger partial charge in [-0.15, -0.1) is 0 Å². The summed E-state index contributed by atoms with van der Waals surface area (Å²) in [6.07, 6.45) is -1.30. The highest BCUT2D eigenvalue weighted by atomic mass is 16.7. The molecule has 2 rings (SSSR count). The van der Waals surface area contributed by atoms with Crippen LogP contribution in [0.4, 0.5) is 4.79 Å². The molecule has 0 atom stereocenters. The van der Waals surface area contributed by atoms with Gasteiger partial charge in [0.1, 0.15) is 5.75 Å². The maximum absolute atomic E-state index is 11.2. The molecule has 0 heterocycles. The molecule has 2 aromatic rings. The Morgan fingerprint density at radius 2 is 1.46 bits per heavy atom. The molecule has 24 heavy (non-hydrogen) atoms. The van der Waals surface area contributed by atoms with Crippen molar-refractivity contribution in [2.75, 3.05) is 0 Å². The van der Waals surface area contributed by atoms with Crippen molar-refractivity contribution in [2.45, 2.75) is 52.4 Å². The molecule has 0 spiro atoms. The smallest absolute Gasteiger partial charge is 0.449 e. The third-order valence-electron chi connectivity index (χ3n) is 3.98. The van der Waals surface area contributed by atoms with Crippen molar-refractivity contribution in [1.29, 1.82) is 0 Å². The first-order chi connectivity index (χ1) is 11.0. The minimum absolute atomic E-state index is 0.0616. The van der Waals surface area contributed by atoms with Crippen molar-refractivity contribution in [3.63, 3.8) is 0 Å². The number of hydrogen-bond acceptors (Lipinski definition) is 2. The van der Waals surface area contributed by atoms with Crippen LogP contribution in [0.2, 0.25) is 0 Å². The average molecular weight is 326 g/mol. The van der Waals surface area contributed by atoms with Gasteiger partial charge in [0.15, 0.2) is 0 Å². The molecule has 2 aromatic carbocycles. The summed E-state index contributed by atoms with van der Waals surface area (Å²) in [6.45, 7) is 13.0. The van der Waals surface area contributed by atoms with Crippen molar-refractivity contribution in [3.05, 3.63) is 53.6 Å². The van der Waals surface area contributed by atoms with Gasteiger partial charge in [-0.25, -0.2) is 4.79 Å². The van der Waals surface area contributed by atoms with Gasteiger partial charge >= 0.3 is 6.16 Å². The summed E-state index contributed by atoms with van der Waals surface area (Å²) >= 11 is 0. The van der Waals surface area contributed by atoms with Crippen molar-refractivity contribution in [2.24, 2.45) is 0 Å². The third-order valence-corrected chi connectivity index (χ3v) is 3.98. The zero-order valence-electron chi connectivity index (χ0n) is 15.3. The van der Waals surface area contributed by atoms with Crippen LogP contribution >= 0.6 is 0 Å². The summed E-state index contributed by atoms with van der Waals surface area (Å²) in [7, 11) is 0. The molecule has 0 saturated carbocycles. The van der Waals surface area contributed by atoms with E-state index in [-0.39, 0.29) is 10.8 Å². The second-order valence-corrected chi connectivity index (χ2v) is 8.10. The maximum Gasteiger partial charge on any atom is 0.511 e. The van der Waals surface area contributed by atoms with E-state index in [1.807, 2.05) is 36.4 Å². The first kappa shape index (κ1) is 18.1. The molecule has 0 radical (unpaired) electrons. The lowest BCUT2D eigenvalue weighted by atomic mass is 9.72. The van der Waals surface area contributed by atoms with Gasteiger partial charge in [0.2, 0.25) is 0 Å². The Bertz CT molecular complexity index is 732. The topological polar surface area (TPSA) is 46.5 Å². The minimum atomic E-state index is -1.30. The number of benzene rings is 2. The van der Waals surface area contributed by atoms with Crippen LogP contribution in [0.5, 0.6) is 5.75 Å². The Morgan fingerprint density at radius 1 is 0.875 bits per heavy atom.